The Morgan fingerprint density at radius 1 is 1.15 bits per heavy atom. The Hall–Kier alpha value is -2.53. The van der Waals surface area contributed by atoms with Gasteiger partial charge in [-0.05, 0) is 41.5 Å². The summed E-state index contributed by atoms with van der Waals surface area (Å²) in [7, 11) is 0. The monoisotopic (exact) mass is 366 g/mol. The maximum atomic E-state index is 12.2. The summed E-state index contributed by atoms with van der Waals surface area (Å²) in [5.74, 6) is 0.766. The van der Waals surface area contributed by atoms with E-state index in [4.69, 9.17) is 4.42 Å². The first kappa shape index (κ1) is 18.3. The number of pyridine rings is 1. The molecule has 0 saturated heterocycles. The van der Waals surface area contributed by atoms with Crippen LogP contribution < -0.4 is 5.32 Å². The van der Waals surface area contributed by atoms with Gasteiger partial charge in [-0.3, -0.25) is 9.78 Å². The molecule has 2 heterocycles. The highest BCUT2D eigenvalue weighted by atomic mass is 32.2. The Kier molecular flexibility index (Phi) is 6.12. The van der Waals surface area contributed by atoms with Crippen LogP contribution in [-0.4, -0.2) is 16.1 Å². The van der Waals surface area contributed by atoms with Crippen molar-refractivity contribution in [2.75, 3.05) is 0 Å². The third-order valence-corrected chi connectivity index (χ3v) is 4.77. The van der Waals surface area contributed by atoms with Crippen LogP contribution in [0.3, 0.4) is 0 Å². The summed E-state index contributed by atoms with van der Waals surface area (Å²) in [6.45, 7) is 4.78. The molecule has 1 aromatic carbocycles. The van der Waals surface area contributed by atoms with Crippen molar-refractivity contribution in [2.24, 2.45) is 0 Å². The van der Waals surface area contributed by atoms with Crippen LogP contribution >= 0.6 is 11.8 Å². The second kappa shape index (κ2) is 8.72. The number of carbonyl (C=O) groups excluding carboxylic acids is 1. The first-order valence-electron chi connectivity index (χ1n) is 8.60. The molecule has 0 bridgehead atoms. The van der Waals surface area contributed by atoms with Gasteiger partial charge in [0.05, 0.1) is 12.7 Å². The molecule has 0 fully saturated rings. The molecule has 1 N–H and O–H groups in total. The van der Waals surface area contributed by atoms with E-state index in [1.807, 2.05) is 42.1 Å². The molecule has 134 valence electrons. The highest BCUT2D eigenvalue weighted by Crippen LogP contribution is 2.23. The molecule has 0 atom stereocenters. The highest BCUT2D eigenvalue weighted by molar-refractivity contribution is 7.99. The van der Waals surface area contributed by atoms with Crippen molar-refractivity contribution in [3.63, 3.8) is 0 Å². The summed E-state index contributed by atoms with van der Waals surface area (Å²) in [5.41, 5.74) is 2.86. The summed E-state index contributed by atoms with van der Waals surface area (Å²) in [5, 5.41) is 3.50. The number of thioether (sulfide) groups is 1. The molecule has 26 heavy (non-hydrogen) atoms. The standard InChI is InChI=1S/C21H22N2O2S/c1-15(2)26-19-7-5-16(6-8-19)11-21(24)23-13-17-10-18(14-22-12-17)20-4-3-9-25-20/h3-10,12,14-15H,11,13H2,1-2H3,(H,23,24). The maximum absolute atomic E-state index is 12.2. The predicted octanol–water partition coefficient (Wildman–Crippen LogP) is 4.70. The molecule has 1 amide bonds. The van der Waals surface area contributed by atoms with Gasteiger partial charge < -0.3 is 9.73 Å². The van der Waals surface area contributed by atoms with E-state index in [0.29, 0.717) is 18.2 Å². The number of furan rings is 1. The van der Waals surface area contributed by atoms with E-state index in [-0.39, 0.29) is 5.91 Å². The number of nitrogens with one attached hydrogen (secondary N) is 1. The van der Waals surface area contributed by atoms with Crippen LogP contribution in [0, 0.1) is 0 Å². The normalized spacial score (nSPS) is 10.9. The summed E-state index contributed by atoms with van der Waals surface area (Å²) >= 11 is 1.82. The lowest BCUT2D eigenvalue weighted by Crippen LogP contribution is -2.24. The first-order valence-corrected chi connectivity index (χ1v) is 9.48. The Balaban J connectivity index is 1.53. The van der Waals surface area contributed by atoms with Crippen LogP contribution in [0.15, 0.2) is 70.4 Å². The number of hydrogen-bond donors (Lipinski definition) is 1. The molecule has 0 saturated carbocycles. The van der Waals surface area contributed by atoms with E-state index in [0.717, 1.165) is 22.5 Å². The van der Waals surface area contributed by atoms with Crippen LogP contribution in [0.1, 0.15) is 25.0 Å². The van der Waals surface area contributed by atoms with Crippen molar-refractivity contribution < 1.29 is 9.21 Å². The number of carbonyl (C=O) groups is 1. The average molecular weight is 366 g/mol. The summed E-state index contributed by atoms with van der Waals surface area (Å²) in [6.07, 6.45) is 5.51. The van der Waals surface area contributed by atoms with E-state index in [1.165, 1.54) is 4.90 Å². The third-order valence-electron chi connectivity index (χ3n) is 3.75. The molecule has 3 aromatic rings. The minimum Gasteiger partial charge on any atom is -0.464 e. The van der Waals surface area contributed by atoms with Crippen molar-refractivity contribution in [1.29, 1.82) is 0 Å². The first-order chi connectivity index (χ1) is 12.6. The van der Waals surface area contributed by atoms with E-state index in [2.05, 4.69) is 36.3 Å². The number of rotatable bonds is 7. The van der Waals surface area contributed by atoms with Gasteiger partial charge in [-0.15, -0.1) is 11.8 Å². The third kappa shape index (κ3) is 5.23. The molecular formula is C21H22N2O2S. The van der Waals surface area contributed by atoms with Crippen molar-refractivity contribution >= 4 is 17.7 Å². The molecule has 0 unspecified atom stereocenters. The SMILES string of the molecule is CC(C)Sc1ccc(CC(=O)NCc2cncc(-c3ccco3)c2)cc1. The number of nitrogens with zero attached hydrogens (tertiary/aromatic N) is 1. The number of hydrogen-bond acceptors (Lipinski definition) is 4. The van der Waals surface area contributed by atoms with Crippen LogP contribution in [-0.2, 0) is 17.8 Å². The zero-order valence-electron chi connectivity index (χ0n) is 14.9. The van der Waals surface area contributed by atoms with Crippen molar-refractivity contribution in [1.82, 2.24) is 10.3 Å². The highest BCUT2D eigenvalue weighted by Gasteiger charge is 2.06. The number of amides is 1. The van der Waals surface area contributed by atoms with Gasteiger partial charge in [0.15, 0.2) is 0 Å². The zero-order valence-corrected chi connectivity index (χ0v) is 15.8. The maximum Gasteiger partial charge on any atom is 0.224 e. The Bertz CT molecular complexity index is 843. The fourth-order valence-corrected chi connectivity index (χ4v) is 3.41. The quantitative estimate of drug-likeness (QED) is 0.616. The minimum atomic E-state index is -0.00216. The van der Waals surface area contributed by atoms with Gasteiger partial charge in [-0.2, -0.15) is 0 Å². The molecule has 4 nitrogen and oxygen atoms in total. The second-order valence-corrected chi connectivity index (χ2v) is 7.97. The van der Waals surface area contributed by atoms with Gasteiger partial charge in [-0.1, -0.05) is 26.0 Å². The van der Waals surface area contributed by atoms with Gasteiger partial charge in [-0.25, -0.2) is 0 Å². The zero-order chi connectivity index (χ0) is 18.4. The Morgan fingerprint density at radius 3 is 2.65 bits per heavy atom. The Labute approximate surface area is 158 Å². The fourth-order valence-electron chi connectivity index (χ4n) is 2.57. The Morgan fingerprint density at radius 2 is 1.96 bits per heavy atom. The molecule has 0 aliphatic heterocycles. The second-order valence-electron chi connectivity index (χ2n) is 6.32. The molecule has 3 rings (SSSR count). The molecular weight excluding hydrogens is 344 g/mol. The minimum absolute atomic E-state index is 0.00216. The molecule has 5 heteroatoms. The lowest BCUT2D eigenvalue weighted by Gasteiger charge is -2.08. The summed E-state index contributed by atoms with van der Waals surface area (Å²) in [4.78, 5) is 17.7. The van der Waals surface area contributed by atoms with E-state index in [9.17, 15) is 4.79 Å². The van der Waals surface area contributed by atoms with Gasteiger partial charge in [0, 0.05) is 34.6 Å². The smallest absolute Gasteiger partial charge is 0.224 e. The van der Waals surface area contributed by atoms with Gasteiger partial charge in [0.25, 0.3) is 0 Å². The molecule has 0 aliphatic carbocycles. The fraction of sp³-hybridized carbons (Fsp3) is 0.238. The van der Waals surface area contributed by atoms with Crippen LogP contribution in [0.2, 0.25) is 0 Å². The summed E-state index contributed by atoms with van der Waals surface area (Å²) in [6, 6.07) is 13.9. The topological polar surface area (TPSA) is 55.1 Å². The lowest BCUT2D eigenvalue weighted by atomic mass is 10.1. The lowest BCUT2D eigenvalue weighted by molar-refractivity contribution is -0.120. The molecule has 2 aromatic heterocycles. The number of aromatic nitrogens is 1. The van der Waals surface area contributed by atoms with Crippen molar-refractivity contribution in [2.45, 2.75) is 37.0 Å². The van der Waals surface area contributed by atoms with Crippen molar-refractivity contribution in [3.05, 3.63) is 72.2 Å². The van der Waals surface area contributed by atoms with Crippen molar-refractivity contribution in [3.8, 4) is 11.3 Å². The van der Waals surface area contributed by atoms with Crippen LogP contribution in [0.4, 0.5) is 0 Å². The van der Waals surface area contributed by atoms with E-state index < -0.39 is 0 Å². The summed E-state index contributed by atoms with van der Waals surface area (Å²) < 4.78 is 5.38. The molecule has 0 radical (unpaired) electrons. The predicted molar refractivity (Wildman–Crippen MR) is 105 cm³/mol. The number of benzene rings is 1. The van der Waals surface area contributed by atoms with Crippen LogP contribution in [0.25, 0.3) is 11.3 Å². The molecule has 0 aliphatic rings. The molecule has 0 spiro atoms. The van der Waals surface area contributed by atoms with Gasteiger partial charge in [0.2, 0.25) is 5.91 Å². The van der Waals surface area contributed by atoms with Gasteiger partial charge >= 0.3 is 0 Å². The van der Waals surface area contributed by atoms with Gasteiger partial charge in [0.1, 0.15) is 5.76 Å². The van der Waals surface area contributed by atoms with E-state index >= 15 is 0 Å². The van der Waals surface area contributed by atoms with E-state index in [1.54, 1.807) is 18.7 Å². The largest absolute Gasteiger partial charge is 0.464 e. The van der Waals surface area contributed by atoms with Crippen LogP contribution in [0.5, 0.6) is 0 Å². The average Bonchev–Trinajstić information content (AvgIpc) is 3.16.